The van der Waals surface area contributed by atoms with Crippen molar-refractivity contribution >= 4 is 27.2 Å². The molecule has 0 amide bonds. The highest BCUT2D eigenvalue weighted by atomic mass is 32.2. The van der Waals surface area contributed by atoms with Crippen LogP contribution in [0.1, 0.15) is 16.1 Å². The number of rotatable bonds is 6. The fraction of sp³-hybridized carbons (Fsp3) is 0.368. The van der Waals surface area contributed by atoms with Crippen LogP contribution in [-0.4, -0.2) is 63.1 Å². The van der Waals surface area contributed by atoms with Crippen LogP contribution in [0.3, 0.4) is 0 Å². The summed E-state index contributed by atoms with van der Waals surface area (Å²) in [5.41, 5.74) is 3.21. The first kappa shape index (κ1) is 19.3. The lowest BCUT2D eigenvalue weighted by molar-refractivity contribution is 0.0926. The number of Topliss-reactive ketones (excluding diaryl/α,β-unsaturated/α-hetero) is 1. The van der Waals surface area contributed by atoms with Crippen LogP contribution in [0.5, 0.6) is 0 Å². The summed E-state index contributed by atoms with van der Waals surface area (Å²) in [4.78, 5) is 21.2. The van der Waals surface area contributed by atoms with Crippen LogP contribution in [0, 0.1) is 6.92 Å². The van der Waals surface area contributed by atoms with Crippen LogP contribution in [0.25, 0.3) is 0 Å². The molecule has 1 N–H and O–H groups in total. The molecule has 3 rings (SSSR count). The fourth-order valence-corrected chi connectivity index (χ4v) is 3.69. The summed E-state index contributed by atoms with van der Waals surface area (Å²) in [5, 5.41) is 0. The highest BCUT2D eigenvalue weighted by Crippen LogP contribution is 2.17. The predicted molar refractivity (Wildman–Crippen MR) is 107 cm³/mol. The van der Waals surface area contributed by atoms with E-state index in [2.05, 4.69) is 25.6 Å². The first-order valence-corrected chi connectivity index (χ1v) is 10.7. The lowest BCUT2D eigenvalue weighted by atomic mass is 10.1. The molecule has 0 spiro atoms. The Kier molecular flexibility index (Phi) is 5.76. The number of pyridine rings is 1. The van der Waals surface area contributed by atoms with Crippen LogP contribution in [0.4, 0.5) is 11.4 Å². The summed E-state index contributed by atoms with van der Waals surface area (Å²) >= 11 is 0. The van der Waals surface area contributed by atoms with Crippen molar-refractivity contribution in [3.05, 3.63) is 53.9 Å². The Balaban J connectivity index is 1.53. The predicted octanol–water partition coefficient (Wildman–Crippen LogP) is 1.77. The molecule has 0 aliphatic carbocycles. The molecule has 1 fully saturated rings. The SMILES string of the molecule is Cc1cc(N2CCN(CC(=O)c3ccc(NS(C)(=O)=O)cc3)CC2)ccn1. The van der Waals surface area contributed by atoms with Crippen molar-refractivity contribution in [1.29, 1.82) is 0 Å². The van der Waals surface area contributed by atoms with E-state index in [1.807, 2.05) is 19.2 Å². The molecule has 144 valence electrons. The standard InChI is InChI=1S/C19H24N4O3S/c1-15-13-18(7-8-20-15)23-11-9-22(10-12-23)14-19(24)16-3-5-17(6-4-16)21-27(2,25)26/h3-8,13,21H,9-12,14H2,1-2H3. The molecule has 0 radical (unpaired) electrons. The summed E-state index contributed by atoms with van der Waals surface area (Å²) in [5.74, 6) is 0.0362. The number of hydrogen-bond donors (Lipinski definition) is 1. The molecule has 27 heavy (non-hydrogen) atoms. The molecule has 7 nitrogen and oxygen atoms in total. The Labute approximate surface area is 160 Å². The van der Waals surface area contributed by atoms with Gasteiger partial charge in [0.05, 0.1) is 12.8 Å². The van der Waals surface area contributed by atoms with Crippen LogP contribution in [-0.2, 0) is 10.0 Å². The van der Waals surface area contributed by atoms with E-state index in [1.54, 1.807) is 24.3 Å². The maximum Gasteiger partial charge on any atom is 0.229 e. The van der Waals surface area contributed by atoms with Gasteiger partial charge in [-0.1, -0.05) is 0 Å². The largest absolute Gasteiger partial charge is 0.369 e. The summed E-state index contributed by atoms with van der Waals surface area (Å²) in [6.45, 7) is 5.72. The molecule has 8 heteroatoms. The zero-order valence-electron chi connectivity index (χ0n) is 15.6. The number of nitrogens with zero attached hydrogens (tertiary/aromatic N) is 3. The minimum absolute atomic E-state index is 0.0362. The first-order valence-electron chi connectivity index (χ1n) is 8.81. The van der Waals surface area contributed by atoms with Gasteiger partial charge in [-0.05, 0) is 43.3 Å². The second kappa shape index (κ2) is 8.06. The Morgan fingerprint density at radius 1 is 1.11 bits per heavy atom. The van der Waals surface area contributed by atoms with Gasteiger partial charge in [-0.3, -0.25) is 19.4 Å². The topological polar surface area (TPSA) is 82.6 Å². The van der Waals surface area contributed by atoms with Crippen molar-refractivity contribution in [2.45, 2.75) is 6.92 Å². The van der Waals surface area contributed by atoms with Gasteiger partial charge in [0.2, 0.25) is 10.0 Å². The van der Waals surface area contributed by atoms with Gasteiger partial charge in [-0.25, -0.2) is 8.42 Å². The van der Waals surface area contributed by atoms with Gasteiger partial charge in [0.1, 0.15) is 0 Å². The number of carbonyl (C=O) groups excluding carboxylic acids is 1. The first-order chi connectivity index (χ1) is 12.8. The molecular weight excluding hydrogens is 364 g/mol. The van der Waals surface area contributed by atoms with E-state index in [0.29, 0.717) is 17.8 Å². The highest BCUT2D eigenvalue weighted by molar-refractivity contribution is 7.92. The fourth-order valence-electron chi connectivity index (χ4n) is 3.12. The minimum atomic E-state index is -3.32. The average Bonchev–Trinajstić information content (AvgIpc) is 2.61. The van der Waals surface area contributed by atoms with Crippen molar-refractivity contribution in [2.75, 3.05) is 48.6 Å². The molecule has 2 heterocycles. The summed E-state index contributed by atoms with van der Waals surface area (Å²) in [6, 6.07) is 10.6. The molecular formula is C19H24N4O3S. The molecule has 0 unspecified atom stereocenters. The van der Waals surface area contributed by atoms with Gasteiger partial charge in [0.25, 0.3) is 0 Å². The number of piperazine rings is 1. The van der Waals surface area contributed by atoms with Gasteiger partial charge in [-0.2, -0.15) is 0 Å². The molecule has 2 aromatic rings. The van der Waals surface area contributed by atoms with Crippen LogP contribution in [0.2, 0.25) is 0 Å². The van der Waals surface area contributed by atoms with Crippen molar-refractivity contribution in [3.63, 3.8) is 0 Å². The number of ketones is 1. The summed E-state index contributed by atoms with van der Waals surface area (Å²) in [7, 11) is -3.32. The second-order valence-corrected chi connectivity index (χ2v) is 8.54. The monoisotopic (exact) mass is 388 g/mol. The third-order valence-corrected chi connectivity index (χ3v) is 5.10. The number of aryl methyl sites for hydroxylation is 1. The average molecular weight is 388 g/mol. The van der Waals surface area contributed by atoms with Crippen LogP contribution < -0.4 is 9.62 Å². The molecule has 1 aliphatic heterocycles. The zero-order chi connectivity index (χ0) is 19.4. The van der Waals surface area contributed by atoms with Gasteiger partial charge >= 0.3 is 0 Å². The quantitative estimate of drug-likeness (QED) is 0.760. The molecule has 0 atom stereocenters. The highest BCUT2D eigenvalue weighted by Gasteiger charge is 2.20. The minimum Gasteiger partial charge on any atom is -0.369 e. The Morgan fingerprint density at radius 2 is 1.78 bits per heavy atom. The van der Waals surface area contributed by atoms with Gasteiger partial charge < -0.3 is 4.90 Å². The summed E-state index contributed by atoms with van der Waals surface area (Å²) < 4.78 is 24.9. The van der Waals surface area contributed by atoms with E-state index in [1.165, 1.54) is 5.69 Å². The third kappa shape index (κ3) is 5.51. The number of hydrogen-bond acceptors (Lipinski definition) is 6. The van der Waals surface area contributed by atoms with Crippen molar-refractivity contribution < 1.29 is 13.2 Å². The second-order valence-electron chi connectivity index (χ2n) is 6.79. The van der Waals surface area contributed by atoms with Crippen LogP contribution in [0.15, 0.2) is 42.6 Å². The molecule has 1 aliphatic rings. The maximum atomic E-state index is 12.5. The number of carbonyl (C=O) groups is 1. The maximum absolute atomic E-state index is 12.5. The van der Waals surface area contributed by atoms with E-state index in [-0.39, 0.29) is 5.78 Å². The number of anilines is 2. The van der Waals surface area contributed by atoms with Crippen molar-refractivity contribution in [2.24, 2.45) is 0 Å². The van der Waals surface area contributed by atoms with Gasteiger partial charge in [-0.15, -0.1) is 0 Å². The normalized spacial score (nSPS) is 15.6. The van der Waals surface area contributed by atoms with Crippen LogP contribution >= 0.6 is 0 Å². The molecule has 0 saturated carbocycles. The molecule has 1 saturated heterocycles. The van der Waals surface area contributed by atoms with Gasteiger partial charge in [0.15, 0.2) is 5.78 Å². The van der Waals surface area contributed by atoms with E-state index in [9.17, 15) is 13.2 Å². The zero-order valence-corrected chi connectivity index (χ0v) is 16.4. The van der Waals surface area contributed by atoms with Gasteiger partial charge in [0, 0.05) is 55.0 Å². The van der Waals surface area contributed by atoms with E-state index in [0.717, 1.165) is 38.1 Å². The number of sulfonamides is 1. The summed E-state index contributed by atoms with van der Waals surface area (Å²) in [6.07, 6.45) is 2.92. The van der Waals surface area contributed by atoms with E-state index >= 15 is 0 Å². The van der Waals surface area contributed by atoms with E-state index in [4.69, 9.17) is 0 Å². The lowest BCUT2D eigenvalue weighted by Gasteiger charge is -2.35. The number of nitrogens with one attached hydrogen (secondary N) is 1. The Morgan fingerprint density at radius 3 is 2.37 bits per heavy atom. The van der Waals surface area contributed by atoms with Crippen molar-refractivity contribution in [1.82, 2.24) is 9.88 Å². The molecule has 1 aromatic heterocycles. The molecule has 0 bridgehead atoms. The Bertz CT molecular complexity index is 905. The van der Waals surface area contributed by atoms with E-state index < -0.39 is 10.0 Å². The molecule has 1 aromatic carbocycles. The lowest BCUT2D eigenvalue weighted by Crippen LogP contribution is -2.48. The smallest absolute Gasteiger partial charge is 0.229 e. The number of aromatic nitrogens is 1. The Hall–Kier alpha value is -2.45. The van der Waals surface area contributed by atoms with Crippen molar-refractivity contribution in [3.8, 4) is 0 Å². The number of benzene rings is 1. The third-order valence-electron chi connectivity index (χ3n) is 4.50.